The molecule has 0 spiro atoms. The lowest BCUT2D eigenvalue weighted by atomic mass is 10.2. The third-order valence-electron chi connectivity index (χ3n) is 4.20. The number of rotatable bonds is 8. The zero-order valence-corrected chi connectivity index (χ0v) is 16.6. The van der Waals surface area contributed by atoms with E-state index in [2.05, 4.69) is 33.3 Å². The second-order valence-electron chi connectivity index (χ2n) is 6.04. The molecule has 1 fully saturated rings. The van der Waals surface area contributed by atoms with Crippen molar-refractivity contribution >= 4 is 23.0 Å². The van der Waals surface area contributed by atoms with Crippen molar-refractivity contribution < 1.29 is 9.47 Å². The molecule has 27 heavy (non-hydrogen) atoms. The summed E-state index contributed by atoms with van der Waals surface area (Å²) in [7, 11) is 1.88. The lowest BCUT2D eigenvalue weighted by Crippen LogP contribution is -2.37. The first-order chi connectivity index (χ1) is 13.2. The number of hydrogen-bond acceptors (Lipinski definition) is 9. The number of hydrazone groups is 1. The quantitative estimate of drug-likeness (QED) is 0.303. The standard InChI is InChI=1S/C18H26N6O2S/c1-3-13-4-5-15(27-13)17(23-19)14-12-16(26-9-6-20-2)22-18(21-14)24-7-10-25-11-8-24/h4-5,12,20H,3,6-11,19H2,1-2H3. The molecule has 1 aliphatic rings. The van der Waals surface area contributed by atoms with Gasteiger partial charge in [0.1, 0.15) is 18.0 Å². The number of thiophene rings is 1. The van der Waals surface area contributed by atoms with E-state index in [0.29, 0.717) is 43.1 Å². The maximum absolute atomic E-state index is 5.81. The maximum atomic E-state index is 5.81. The number of likely N-dealkylation sites (N-methyl/N-ethyl adjacent to an activating group) is 1. The Morgan fingerprint density at radius 2 is 2.19 bits per heavy atom. The van der Waals surface area contributed by atoms with Gasteiger partial charge in [-0.15, -0.1) is 11.3 Å². The van der Waals surface area contributed by atoms with E-state index >= 15 is 0 Å². The molecule has 3 heterocycles. The fourth-order valence-corrected chi connectivity index (χ4v) is 3.67. The average molecular weight is 391 g/mol. The molecule has 9 heteroatoms. The topological polar surface area (TPSA) is 97.9 Å². The van der Waals surface area contributed by atoms with Gasteiger partial charge in [-0.1, -0.05) is 6.92 Å². The Labute approximate surface area is 163 Å². The first-order valence-corrected chi connectivity index (χ1v) is 9.93. The number of morpholine rings is 1. The van der Waals surface area contributed by atoms with Crippen LogP contribution < -0.4 is 20.8 Å². The van der Waals surface area contributed by atoms with Crippen LogP contribution in [0.5, 0.6) is 5.88 Å². The molecule has 2 aromatic rings. The van der Waals surface area contributed by atoms with Gasteiger partial charge in [-0.3, -0.25) is 0 Å². The Balaban J connectivity index is 1.94. The van der Waals surface area contributed by atoms with E-state index < -0.39 is 0 Å². The van der Waals surface area contributed by atoms with Crippen molar-refractivity contribution in [2.24, 2.45) is 10.9 Å². The van der Waals surface area contributed by atoms with Crippen LogP contribution >= 0.6 is 11.3 Å². The van der Waals surface area contributed by atoms with Gasteiger partial charge in [0.25, 0.3) is 0 Å². The van der Waals surface area contributed by atoms with E-state index in [1.807, 2.05) is 13.1 Å². The molecule has 146 valence electrons. The summed E-state index contributed by atoms with van der Waals surface area (Å²) in [5.74, 6) is 6.87. The smallest absolute Gasteiger partial charge is 0.229 e. The van der Waals surface area contributed by atoms with Crippen molar-refractivity contribution in [1.82, 2.24) is 15.3 Å². The van der Waals surface area contributed by atoms with Gasteiger partial charge in [0, 0.05) is 30.6 Å². The molecule has 0 amide bonds. The van der Waals surface area contributed by atoms with Crippen LogP contribution in [0.25, 0.3) is 0 Å². The molecule has 0 bridgehead atoms. The van der Waals surface area contributed by atoms with Gasteiger partial charge in [0.2, 0.25) is 11.8 Å². The summed E-state index contributed by atoms with van der Waals surface area (Å²) in [4.78, 5) is 13.7. The highest BCUT2D eigenvalue weighted by Crippen LogP contribution is 2.24. The van der Waals surface area contributed by atoms with Crippen LogP contribution in [0.15, 0.2) is 23.3 Å². The van der Waals surface area contributed by atoms with E-state index in [0.717, 1.165) is 30.9 Å². The van der Waals surface area contributed by atoms with Gasteiger partial charge in [0.15, 0.2) is 0 Å². The Bertz CT molecular complexity index is 773. The number of ether oxygens (including phenoxy) is 2. The molecule has 1 saturated heterocycles. The third kappa shape index (κ3) is 4.94. The zero-order chi connectivity index (χ0) is 19.1. The van der Waals surface area contributed by atoms with Gasteiger partial charge in [-0.2, -0.15) is 10.1 Å². The van der Waals surface area contributed by atoms with Crippen molar-refractivity contribution in [2.75, 3.05) is 51.4 Å². The molecule has 0 aromatic carbocycles. The number of aromatic nitrogens is 2. The number of nitrogens with one attached hydrogen (secondary N) is 1. The second kappa shape index (κ2) is 9.63. The van der Waals surface area contributed by atoms with Crippen molar-refractivity contribution in [2.45, 2.75) is 13.3 Å². The van der Waals surface area contributed by atoms with E-state index in [4.69, 9.17) is 20.3 Å². The van der Waals surface area contributed by atoms with E-state index in [-0.39, 0.29) is 0 Å². The first-order valence-electron chi connectivity index (χ1n) is 9.11. The molecule has 3 N–H and O–H groups in total. The third-order valence-corrected chi connectivity index (χ3v) is 5.44. The summed E-state index contributed by atoms with van der Waals surface area (Å²) in [6.07, 6.45) is 0.976. The predicted octanol–water partition coefficient (Wildman–Crippen LogP) is 1.25. The van der Waals surface area contributed by atoms with Crippen LogP contribution in [-0.4, -0.2) is 62.2 Å². The van der Waals surface area contributed by atoms with Crippen molar-refractivity contribution in [3.63, 3.8) is 0 Å². The highest BCUT2D eigenvalue weighted by atomic mass is 32.1. The lowest BCUT2D eigenvalue weighted by Gasteiger charge is -2.27. The molecule has 2 aromatic heterocycles. The van der Waals surface area contributed by atoms with Gasteiger partial charge in [-0.25, -0.2) is 4.98 Å². The van der Waals surface area contributed by atoms with E-state index in [9.17, 15) is 0 Å². The SMILES string of the molecule is CCc1ccc(C(=NN)c2cc(OCCNC)nc(N3CCOCC3)n2)s1. The molecule has 0 radical (unpaired) electrons. The Hall–Kier alpha value is -2.23. The fourth-order valence-electron chi connectivity index (χ4n) is 2.72. The summed E-state index contributed by atoms with van der Waals surface area (Å²) in [6.45, 7) is 6.18. The summed E-state index contributed by atoms with van der Waals surface area (Å²) in [5, 5.41) is 7.09. The molecule has 0 saturated carbocycles. The Kier molecular flexibility index (Phi) is 6.97. The molecule has 1 aliphatic heterocycles. The van der Waals surface area contributed by atoms with Crippen molar-refractivity contribution in [1.29, 1.82) is 0 Å². The number of nitrogens with zero attached hydrogens (tertiary/aromatic N) is 4. The Morgan fingerprint density at radius 1 is 1.37 bits per heavy atom. The lowest BCUT2D eigenvalue weighted by molar-refractivity contribution is 0.122. The summed E-state index contributed by atoms with van der Waals surface area (Å²) in [6, 6.07) is 5.93. The van der Waals surface area contributed by atoms with E-state index in [1.165, 1.54) is 4.88 Å². The van der Waals surface area contributed by atoms with Gasteiger partial charge >= 0.3 is 0 Å². The predicted molar refractivity (Wildman–Crippen MR) is 108 cm³/mol. The molecular weight excluding hydrogens is 364 g/mol. The maximum Gasteiger partial charge on any atom is 0.229 e. The van der Waals surface area contributed by atoms with Crippen LogP contribution in [0.1, 0.15) is 22.4 Å². The highest BCUT2D eigenvalue weighted by molar-refractivity contribution is 7.14. The fraction of sp³-hybridized carbons (Fsp3) is 0.500. The normalized spacial score (nSPS) is 15.2. The summed E-state index contributed by atoms with van der Waals surface area (Å²) in [5.41, 5.74) is 1.31. The minimum Gasteiger partial charge on any atom is -0.476 e. The van der Waals surface area contributed by atoms with Crippen LogP contribution in [0.3, 0.4) is 0 Å². The zero-order valence-electron chi connectivity index (χ0n) is 15.8. The van der Waals surface area contributed by atoms with Gasteiger partial charge < -0.3 is 25.5 Å². The molecular formula is C18H26N6O2S. The van der Waals surface area contributed by atoms with Gasteiger partial charge in [0.05, 0.1) is 18.1 Å². The van der Waals surface area contributed by atoms with Gasteiger partial charge in [-0.05, 0) is 25.6 Å². The van der Waals surface area contributed by atoms with Crippen LogP contribution in [-0.2, 0) is 11.2 Å². The summed E-state index contributed by atoms with van der Waals surface area (Å²) < 4.78 is 11.2. The summed E-state index contributed by atoms with van der Waals surface area (Å²) >= 11 is 1.67. The minimum absolute atomic E-state index is 0.517. The molecule has 8 nitrogen and oxygen atoms in total. The largest absolute Gasteiger partial charge is 0.476 e. The van der Waals surface area contributed by atoms with Crippen LogP contribution in [0, 0.1) is 0 Å². The number of anilines is 1. The van der Waals surface area contributed by atoms with Crippen molar-refractivity contribution in [3.05, 3.63) is 33.6 Å². The Morgan fingerprint density at radius 3 is 2.85 bits per heavy atom. The number of nitrogens with two attached hydrogens (primary N) is 1. The highest BCUT2D eigenvalue weighted by Gasteiger charge is 2.19. The first kappa shape index (κ1) is 19.5. The van der Waals surface area contributed by atoms with Crippen molar-refractivity contribution in [3.8, 4) is 5.88 Å². The minimum atomic E-state index is 0.517. The second-order valence-corrected chi connectivity index (χ2v) is 7.21. The molecule has 3 rings (SSSR count). The van der Waals surface area contributed by atoms with Crippen LogP contribution in [0.2, 0.25) is 0 Å². The number of aryl methyl sites for hydroxylation is 1. The van der Waals surface area contributed by atoms with E-state index in [1.54, 1.807) is 17.4 Å². The average Bonchev–Trinajstić information content (AvgIpc) is 3.18. The molecule has 0 atom stereocenters. The van der Waals surface area contributed by atoms with Crippen LogP contribution in [0.4, 0.5) is 5.95 Å². The molecule has 0 unspecified atom stereocenters. The monoisotopic (exact) mass is 390 g/mol. The number of hydrogen-bond donors (Lipinski definition) is 2. The molecule has 0 aliphatic carbocycles.